The van der Waals surface area contributed by atoms with Gasteiger partial charge < -0.3 is 10.2 Å². The number of fused-ring (bicyclic) bond motifs is 1. The number of aryl methyl sites for hydroxylation is 2. The Labute approximate surface area is 111 Å². The van der Waals surface area contributed by atoms with E-state index < -0.39 is 0 Å². The van der Waals surface area contributed by atoms with Crippen LogP contribution in [-0.4, -0.2) is 29.1 Å². The number of anilines is 2. The second kappa shape index (κ2) is 4.46. The lowest BCUT2D eigenvalue weighted by Gasteiger charge is -2.18. The number of hydrogen-bond donors (Lipinski definition) is 1. The maximum atomic E-state index is 11.9. The second-order valence-corrected chi connectivity index (χ2v) is 4.83. The highest BCUT2D eigenvalue weighted by Gasteiger charge is 2.14. The first-order valence-corrected chi connectivity index (χ1v) is 5.97. The van der Waals surface area contributed by atoms with Gasteiger partial charge in [-0.1, -0.05) is 0 Å². The highest BCUT2D eigenvalue weighted by molar-refractivity contribution is 5.97. The molecule has 0 saturated carbocycles. The summed E-state index contributed by atoms with van der Waals surface area (Å²) in [7, 11) is 7.25. The number of aromatic nitrogens is 2. The molecule has 0 atom stereocenters. The van der Waals surface area contributed by atoms with Crippen LogP contribution < -0.4 is 15.9 Å². The van der Waals surface area contributed by atoms with Gasteiger partial charge in [0.05, 0.1) is 22.4 Å². The van der Waals surface area contributed by atoms with Crippen molar-refractivity contribution in [3.05, 3.63) is 22.6 Å². The largest absolute Gasteiger partial charge is 0.376 e. The summed E-state index contributed by atoms with van der Waals surface area (Å²) < 4.78 is 3.17. The third kappa shape index (κ3) is 2.09. The van der Waals surface area contributed by atoms with Crippen molar-refractivity contribution in [2.75, 3.05) is 24.3 Å². The third-order valence-electron chi connectivity index (χ3n) is 3.18. The topological polar surface area (TPSA) is 59.3 Å². The minimum absolute atomic E-state index is 0.0836. The maximum absolute atomic E-state index is 11.9. The van der Waals surface area contributed by atoms with Crippen molar-refractivity contribution in [3.63, 3.8) is 0 Å². The monoisotopic (exact) mass is 262 g/mol. The molecule has 0 fully saturated rings. The molecule has 0 radical (unpaired) electrons. The number of carbonyl (C=O) groups excluding carboxylic acids is 1. The summed E-state index contributed by atoms with van der Waals surface area (Å²) in [6.45, 7) is 1.47. The Morgan fingerprint density at radius 2 is 1.68 bits per heavy atom. The number of nitrogens with zero attached hydrogens (tertiary/aromatic N) is 3. The van der Waals surface area contributed by atoms with E-state index >= 15 is 0 Å². The van der Waals surface area contributed by atoms with Gasteiger partial charge in [0.2, 0.25) is 5.91 Å². The van der Waals surface area contributed by atoms with Gasteiger partial charge in [-0.15, -0.1) is 0 Å². The second-order valence-electron chi connectivity index (χ2n) is 4.83. The van der Waals surface area contributed by atoms with Crippen molar-refractivity contribution >= 4 is 28.3 Å². The summed E-state index contributed by atoms with van der Waals surface area (Å²) in [5, 5.41) is 2.80. The third-order valence-corrected chi connectivity index (χ3v) is 3.18. The van der Waals surface area contributed by atoms with Gasteiger partial charge >= 0.3 is 5.69 Å². The first-order chi connectivity index (χ1) is 8.82. The molecule has 102 valence electrons. The van der Waals surface area contributed by atoms with Crippen LogP contribution in [0.3, 0.4) is 0 Å². The molecule has 6 nitrogen and oxygen atoms in total. The van der Waals surface area contributed by atoms with E-state index in [1.807, 2.05) is 31.1 Å². The smallest absolute Gasteiger partial charge is 0.328 e. The zero-order valence-corrected chi connectivity index (χ0v) is 11.8. The van der Waals surface area contributed by atoms with Gasteiger partial charge in [-0.25, -0.2) is 4.79 Å². The predicted molar refractivity (Wildman–Crippen MR) is 76.8 cm³/mol. The number of hydrogen-bond acceptors (Lipinski definition) is 3. The number of nitrogens with one attached hydrogen (secondary N) is 1. The van der Waals surface area contributed by atoms with Gasteiger partial charge in [0.15, 0.2) is 0 Å². The van der Waals surface area contributed by atoms with Gasteiger partial charge in [-0.2, -0.15) is 0 Å². The molecule has 0 bridgehead atoms. The van der Waals surface area contributed by atoms with Gasteiger partial charge in [0, 0.05) is 35.1 Å². The molecule has 19 heavy (non-hydrogen) atoms. The Morgan fingerprint density at radius 1 is 1.16 bits per heavy atom. The van der Waals surface area contributed by atoms with Crippen LogP contribution in [-0.2, 0) is 18.9 Å². The first-order valence-electron chi connectivity index (χ1n) is 5.97. The zero-order valence-electron chi connectivity index (χ0n) is 11.8. The van der Waals surface area contributed by atoms with Crippen LogP contribution in [0.5, 0.6) is 0 Å². The van der Waals surface area contributed by atoms with Gasteiger partial charge in [0.1, 0.15) is 0 Å². The average molecular weight is 262 g/mol. The van der Waals surface area contributed by atoms with E-state index in [2.05, 4.69) is 5.32 Å². The molecule has 1 aromatic carbocycles. The molecule has 1 amide bonds. The van der Waals surface area contributed by atoms with Crippen LogP contribution in [0.15, 0.2) is 16.9 Å². The molecule has 2 rings (SSSR count). The highest BCUT2D eigenvalue weighted by atomic mass is 16.2. The quantitative estimate of drug-likeness (QED) is 0.875. The minimum Gasteiger partial charge on any atom is -0.376 e. The lowest BCUT2D eigenvalue weighted by molar-refractivity contribution is -0.114. The molecule has 1 heterocycles. The molecule has 0 aliphatic rings. The lowest BCUT2D eigenvalue weighted by atomic mass is 10.2. The maximum Gasteiger partial charge on any atom is 0.328 e. The summed E-state index contributed by atoms with van der Waals surface area (Å²) in [6, 6.07) is 3.73. The number of carbonyl (C=O) groups is 1. The summed E-state index contributed by atoms with van der Waals surface area (Å²) in [5.41, 5.74) is 3.11. The van der Waals surface area contributed by atoms with Gasteiger partial charge in [0.25, 0.3) is 0 Å². The minimum atomic E-state index is -0.136. The molecule has 0 saturated heterocycles. The molecule has 0 aliphatic heterocycles. The molecular weight excluding hydrogens is 244 g/mol. The van der Waals surface area contributed by atoms with Crippen molar-refractivity contribution in [3.8, 4) is 0 Å². The fraction of sp³-hybridized carbons (Fsp3) is 0.385. The van der Waals surface area contributed by atoms with Gasteiger partial charge in [-0.05, 0) is 12.1 Å². The van der Waals surface area contributed by atoms with Crippen molar-refractivity contribution in [1.29, 1.82) is 0 Å². The Balaban J connectivity index is 2.80. The fourth-order valence-corrected chi connectivity index (χ4v) is 2.19. The molecule has 6 heteroatoms. The van der Waals surface area contributed by atoms with E-state index in [-0.39, 0.29) is 11.6 Å². The summed E-state index contributed by atoms with van der Waals surface area (Å²) in [6.07, 6.45) is 0. The normalized spacial score (nSPS) is 10.8. The van der Waals surface area contributed by atoms with Crippen LogP contribution in [0.4, 0.5) is 11.4 Å². The van der Waals surface area contributed by atoms with Crippen LogP contribution in [0.1, 0.15) is 6.92 Å². The van der Waals surface area contributed by atoms with E-state index in [0.717, 1.165) is 16.7 Å². The van der Waals surface area contributed by atoms with Crippen molar-refractivity contribution in [1.82, 2.24) is 9.13 Å². The van der Waals surface area contributed by atoms with E-state index in [1.165, 1.54) is 6.92 Å². The predicted octanol–water partition coefficient (Wildman–Crippen LogP) is 0.901. The molecular formula is C13H18N4O2. The fourth-order valence-electron chi connectivity index (χ4n) is 2.19. The van der Waals surface area contributed by atoms with E-state index in [0.29, 0.717) is 5.69 Å². The molecule has 0 spiro atoms. The molecule has 0 unspecified atom stereocenters. The number of imidazole rings is 1. The Bertz CT molecular complexity index is 709. The van der Waals surface area contributed by atoms with E-state index in [4.69, 9.17) is 0 Å². The van der Waals surface area contributed by atoms with Crippen molar-refractivity contribution < 1.29 is 4.79 Å². The molecule has 1 aromatic heterocycles. The Hall–Kier alpha value is -2.24. The first kappa shape index (κ1) is 13.2. The van der Waals surface area contributed by atoms with Crippen LogP contribution in [0, 0.1) is 0 Å². The number of amides is 1. The molecule has 2 aromatic rings. The summed E-state index contributed by atoms with van der Waals surface area (Å²) >= 11 is 0. The van der Waals surface area contributed by atoms with Crippen LogP contribution >= 0.6 is 0 Å². The standard InChI is InChI=1S/C13H18N4O2/c1-8(18)14-9-6-11-12(7-10(9)15(2)3)17(5)13(19)16(11)4/h6-7H,1-5H3,(H,14,18). The Kier molecular flexibility index (Phi) is 3.09. The molecule has 0 aliphatic carbocycles. The Morgan fingerprint density at radius 3 is 2.16 bits per heavy atom. The number of rotatable bonds is 2. The average Bonchev–Trinajstić information content (AvgIpc) is 2.53. The molecule has 1 N–H and O–H groups in total. The van der Waals surface area contributed by atoms with E-state index in [1.54, 1.807) is 23.2 Å². The lowest BCUT2D eigenvalue weighted by Crippen LogP contribution is -2.19. The highest BCUT2D eigenvalue weighted by Crippen LogP contribution is 2.29. The summed E-state index contributed by atoms with van der Waals surface area (Å²) in [5.74, 6) is -0.136. The zero-order chi connectivity index (χ0) is 14.3. The SMILES string of the molecule is CC(=O)Nc1cc2c(cc1N(C)C)n(C)c(=O)n2C. The van der Waals surface area contributed by atoms with Crippen LogP contribution in [0.25, 0.3) is 11.0 Å². The van der Waals surface area contributed by atoms with Crippen molar-refractivity contribution in [2.45, 2.75) is 6.92 Å². The summed E-state index contributed by atoms with van der Waals surface area (Å²) in [4.78, 5) is 25.1. The van der Waals surface area contributed by atoms with E-state index in [9.17, 15) is 9.59 Å². The van der Waals surface area contributed by atoms with Gasteiger partial charge in [-0.3, -0.25) is 13.9 Å². The van der Waals surface area contributed by atoms with Crippen LogP contribution in [0.2, 0.25) is 0 Å². The number of benzene rings is 1. The van der Waals surface area contributed by atoms with Crippen molar-refractivity contribution in [2.24, 2.45) is 14.1 Å².